The highest BCUT2D eigenvalue weighted by Gasteiger charge is 2.24. The number of hydrogen-bond donors (Lipinski definition) is 0. The molecule has 2 aliphatic rings. The minimum atomic E-state index is 0.334. The van der Waals surface area contributed by atoms with Gasteiger partial charge >= 0.3 is 0 Å². The molecule has 1 aliphatic carbocycles. The van der Waals surface area contributed by atoms with Crippen molar-refractivity contribution in [1.82, 2.24) is 0 Å². The van der Waals surface area contributed by atoms with Crippen LogP contribution < -0.4 is 0 Å². The highest BCUT2D eigenvalue weighted by atomic mass is 16.5. The van der Waals surface area contributed by atoms with Crippen LogP contribution >= 0.6 is 0 Å². The van der Waals surface area contributed by atoms with Crippen LogP contribution in [0.5, 0.6) is 0 Å². The molecule has 2 rings (SSSR count). The van der Waals surface area contributed by atoms with E-state index in [-0.39, 0.29) is 0 Å². The van der Waals surface area contributed by atoms with Crippen molar-refractivity contribution in [2.45, 2.75) is 45.6 Å². The Bertz CT molecular complexity index is 260. The lowest BCUT2D eigenvalue weighted by Gasteiger charge is -2.19. The monoisotopic (exact) mass is 178 g/mol. The Morgan fingerprint density at radius 2 is 2.15 bits per heavy atom. The van der Waals surface area contributed by atoms with E-state index in [9.17, 15) is 0 Å². The number of hydrogen-bond acceptors (Lipinski definition) is 1. The third kappa shape index (κ3) is 1.71. The summed E-state index contributed by atoms with van der Waals surface area (Å²) in [4.78, 5) is 0. The van der Waals surface area contributed by atoms with Crippen molar-refractivity contribution in [2.24, 2.45) is 0 Å². The summed E-state index contributed by atoms with van der Waals surface area (Å²) in [5.41, 5.74) is 4.41. The lowest BCUT2D eigenvalue weighted by atomic mass is 9.92. The molecule has 0 aromatic rings. The second kappa shape index (κ2) is 3.67. The van der Waals surface area contributed by atoms with Gasteiger partial charge in [0, 0.05) is 0 Å². The summed E-state index contributed by atoms with van der Waals surface area (Å²) in [5.74, 6) is 0. The zero-order valence-electron chi connectivity index (χ0n) is 8.60. The topological polar surface area (TPSA) is 9.23 Å². The third-order valence-corrected chi connectivity index (χ3v) is 3.20. The summed E-state index contributed by atoms with van der Waals surface area (Å²) in [5, 5.41) is 0. The molecule has 0 fully saturated rings. The van der Waals surface area contributed by atoms with Gasteiger partial charge in [-0.25, -0.2) is 0 Å². The van der Waals surface area contributed by atoms with E-state index < -0.39 is 0 Å². The Morgan fingerprint density at radius 1 is 1.31 bits per heavy atom. The molecule has 1 aliphatic heterocycles. The molecule has 0 spiro atoms. The van der Waals surface area contributed by atoms with Gasteiger partial charge in [0.15, 0.2) is 0 Å². The molecule has 0 radical (unpaired) electrons. The lowest BCUT2D eigenvalue weighted by molar-refractivity contribution is 0.141. The second-order valence-corrected chi connectivity index (χ2v) is 4.18. The average molecular weight is 178 g/mol. The van der Waals surface area contributed by atoms with Gasteiger partial charge in [0.1, 0.15) is 6.10 Å². The van der Waals surface area contributed by atoms with Crippen molar-refractivity contribution in [2.75, 3.05) is 6.61 Å². The highest BCUT2D eigenvalue weighted by molar-refractivity contribution is 5.30. The number of rotatable bonds is 1. The predicted octanol–water partition coefficient (Wildman–Crippen LogP) is 3.22. The molecule has 0 aromatic heterocycles. The summed E-state index contributed by atoms with van der Waals surface area (Å²) in [6, 6.07) is 0. The van der Waals surface area contributed by atoms with Crippen molar-refractivity contribution in [3.8, 4) is 0 Å². The third-order valence-electron chi connectivity index (χ3n) is 3.20. The Labute approximate surface area is 80.5 Å². The fraction of sp³-hybridized carbons (Fsp3) is 0.667. The Hall–Kier alpha value is -0.560. The van der Waals surface area contributed by atoms with Gasteiger partial charge in [0.25, 0.3) is 0 Å². The summed E-state index contributed by atoms with van der Waals surface area (Å²) in [6.45, 7) is 5.23. The maximum absolute atomic E-state index is 5.77. The molecule has 1 heterocycles. The summed E-state index contributed by atoms with van der Waals surface area (Å²) in [6.07, 6.45) is 7.92. The van der Waals surface area contributed by atoms with Gasteiger partial charge in [-0.3, -0.25) is 0 Å². The Morgan fingerprint density at radius 3 is 2.69 bits per heavy atom. The SMILES string of the molecule is CC1=C(C)C(C2=CCCCC2)OC1. The van der Waals surface area contributed by atoms with Crippen LogP contribution in [0.2, 0.25) is 0 Å². The molecule has 1 atom stereocenters. The molecule has 72 valence electrons. The van der Waals surface area contributed by atoms with Crippen LogP contribution in [-0.4, -0.2) is 12.7 Å². The van der Waals surface area contributed by atoms with Gasteiger partial charge in [-0.05, 0) is 56.3 Å². The maximum Gasteiger partial charge on any atom is 0.100 e. The van der Waals surface area contributed by atoms with E-state index in [2.05, 4.69) is 19.9 Å². The highest BCUT2D eigenvalue weighted by Crippen LogP contribution is 2.31. The van der Waals surface area contributed by atoms with Gasteiger partial charge in [0.2, 0.25) is 0 Å². The standard InChI is InChI=1S/C12H18O/c1-9-8-13-12(10(9)2)11-6-4-3-5-7-11/h6,12H,3-5,7-8H2,1-2H3. The van der Waals surface area contributed by atoms with Crippen molar-refractivity contribution in [3.05, 3.63) is 22.8 Å². The van der Waals surface area contributed by atoms with Crippen LogP contribution in [0.15, 0.2) is 22.8 Å². The van der Waals surface area contributed by atoms with Crippen LogP contribution in [0.3, 0.4) is 0 Å². The Kier molecular flexibility index (Phi) is 2.54. The minimum Gasteiger partial charge on any atom is -0.365 e. The fourth-order valence-corrected chi connectivity index (χ4v) is 2.16. The molecule has 13 heavy (non-hydrogen) atoms. The molecule has 0 aromatic carbocycles. The predicted molar refractivity (Wildman–Crippen MR) is 54.7 cm³/mol. The van der Waals surface area contributed by atoms with Crippen LogP contribution in [-0.2, 0) is 4.74 Å². The molecule has 0 saturated heterocycles. The van der Waals surface area contributed by atoms with E-state index in [1.165, 1.54) is 42.4 Å². The van der Waals surface area contributed by atoms with Gasteiger partial charge in [-0.1, -0.05) is 6.08 Å². The van der Waals surface area contributed by atoms with Crippen molar-refractivity contribution in [1.29, 1.82) is 0 Å². The summed E-state index contributed by atoms with van der Waals surface area (Å²) >= 11 is 0. The first-order valence-corrected chi connectivity index (χ1v) is 5.26. The van der Waals surface area contributed by atoms with E-state index >= 15 is 0 Å². The molecule has 1 nitrogen and oxygen atoms in total. The first-order valence-electron chi connectivity index (χ1n) is 5.26. The maximum atomic E-state index is 5.77. The lowest BCUT2D eigenvalue weighted by Crippen LogP contribution is -2.14. The van der Waals surface area contributed by atoms with E-state index in [1.807, 2.05) is 0 Å². The first-order chi connectivity index (χ1) is 6.29. The van der Waals surface area contributed by atoms with Gasteiger partial charge in [-0.15, -0.1) is 0 Å². The normalized spacial score (nSPS) is 29.4. The molecule has 1 unspecified atom stereocenters. The number of allylic oxidation sites excluding steroid dienone is 1. The molecular formula is C12H18O. The quantitative estimate of drug-likeness (QED) is 0.560. The minimum absolute atomic E-state index is 0.334. The fourth-order valence-electron chi connectivity index (χ4n) is 2.16. The average Bonchev–Trinajstić information content (AvgIpc) is 2.49. The van der Waals surface area contributed by atoms with Gasteiger partial charge < -0.3 is 4.74 Å². The van der Waals surface area contributed by atoms with Crippen molar-refractivity contribution >= 4 is 0 Å². The first kappa shape index (κ1) is 9.01. The van der Waals surface area contributed by atoms with Crippen molar-refractivity contribution in [3.63, 3.8) is 0 Å². The van der Waals surface area contributed by atoms with E-state index in [4.69, 9.17) is 4.74 Å². The van der Waals surface area contributed by atoms with Crippen LogP contribution in [0.4, 0.5) is 0 Å². The van der Waals surface area contributed by atoms with E-state index in [1.54, 1.807) is 0 Å². The smallest absolute Gasteiger partial charge is 0.100 e. The van der Waals surface area contributed by atoms with Gasteiger partial charge in [0.05, 0.1) is 6.61 Å². The van der Waals surface area contributed by atoms with Crippen LogP contribution in [0, 0.1) is 0 Å². The van der Waals surface area contributed by atoms with E-state index in [0.29, 0.717) is 6.10 Å². The molecule has 1 heteroatoms. The second-order valence-electron chi connectivity index (χ2n) is 4.18. The molecular weight excluding hydrogens is 160 g/mol. The zero-order chi connectivity index (χ0) is 9.26. The largest absolute Gasteiger partial charge is 0.365 e. The molecule has 0 bridgehead atoms. The number of ether oxygens (including phenoxy) is 1. The summed E-state index contributed by atoms with van der Waals surface area (Å²) in [7, 11) is 0. The van der Waals surface area contributed by atoms with Gasteiger partial charge in [-0.2, -0.15) is 0 Å². The van der Waals surface area contributed by atoms with Crippen molar-refractivity contribution < 1.29 is 4.74 Å². The zero-order valence-corrected chi connectivity index (χ0v) is 8.60. The Balaban J connectivity index is 2.13. The van der Waals surface area contributed by atoms with E-state index in [0.717, 1.165) is 6.61 Å². The van der Waals surface area contributed by atoms with Crippen LogP contribution in [0.1, 0.15) is 39.5 Å². The van der Waals surface area contributed by atoms with Crippen LogP contribution in [0.25, 0.3) is 0 Å². The molecule has 0 N–H and O–H groups in total. The molecule has 0 amide bonds. The molecule has 0 saturated carbocycles. The summed E-state index contributed by atoms with van der Waals surface area (Å²) < 4.78 is 5.77.